The van der Waals surface area contributed by atoms with Crippen LogP contribution in [0.5, 0.6) is 0 Å². The van der Waals surface area contributed by atoms with Crippen molar-refractivity contribution < 1.29 is 22.4 Å². The molecule has 0 aliphatic heterocycles. The van der Waals surface area contributed by atoms with Gasteiger partial charge in [0.05, 0.1) is 11.1 Å². The number of benzene rings is 1. The summed E-state index contributed by atoms with van der Waals surface area (Å²) >= 11 is 0. The van der Waals surface area contributed by atoms with Gasteiger partial charge < -0.3 is 0 Å². The molecule has 1 nitrogen and oxygen atoms in total. The summed E-state index contributed by atoms with van der Waals surface area (Å²) in [6.45, 7) is 5.72. The van der Waals surface area contributed by atoms with Crippen molar-refractivity contribution in [2.24, 2.45) is 5.41 Å². The van der Waals surface area contributed by atoms with Crippen molar-refractivity contribution in [2.45, 2.75) is 39.8 Å². The summed E-state index contributed by atoms with van der Waals surface area (Å²) in [5, 5.41) is 0. The molecule has 0 saturated carbocycles. The van der Waals surface area contributed by atoms with Gasteiger partial charge in [0.15, 0.2) is 5.78 Å². The average Bonchev–Trinajstić information content (AvgIpc) is 2.24. The lowest BCUT2D eigenvalue weighted by molar-refractivity contribution is -0.137. The van der Waals surface area contributed by atoms with E-state index in [4.69, 9.17) is 0 Å². The van der Waals surface area contributed by atoms with Crippen LogP contribution in [-0.4, -0.2) is 5.78 Å². The van der Waals surface area contributed by atoms with E-state index >= 15 is 0 Å². The molecule has 0 unspecified atom stereocenters. The van der Waals surface area contributed by atoms with Gasteiger partial charge in [-0.25, -0.2) is 4.39 Å². The molecule has 1 aromatic carbocycles. The zero-order valence-corrected chi connectivity index (χ0v) is 11.1. The summed E-state index contributed by atoms with van der Waals surface area (Å²) in [6, 6.07) is 1.91. The fourth-order valence-corrected chi connectivity index (χ4v) is 1.54. The number of alkyl halides is 3. The third-order valence-electron chi connectivity index (χ3n) is 2.70. The highest BCUT2D eigenvalue weighted by Crippen LogP contribution is 2.31. The van der Waals surface area contributed by atoms with Crippen LogP contribution in [0.1, 0.15) is 49.5 Å². The Bertz CT molecular complexity index is 469. The van der Waals surface area contributed by atoms with Crippen LogP contribution in [0, 0.1) is 11.2 Å². The molecule has 19 heavy (non-hydrogen) atoms. The van der Waals surface area contributed by atoms with Gasteiger partial charge >= 0.3 is 6.18 Å². The number of halogens is 4. The van der Waals surface area contributed by atoms with E-state index in [0.29, 0.717) is 24.6 Å². The van der Waals surface area contributed by atoms with Crippen molar-refractivity contribution in [3.8, 4) is 0 Å². The van der Waals surface area contributed by atoms with Crippen LogP contribution in [0.25, 0.3) is 0 Å². The van der Waals surface area contributed by atoms with E-state index in [-0.39, 0.29) is 11.8 Å². The van der Waals surface area contributed by atoms with E-state index in [2.05, 4.69) is 0 Å². The second-order valence-electron chi connectivity index (χ2n) is 5.68. The van der Waals surface area contributed by atoms with Gasteiger partial charge in [0.1, 0.15) is 5.82 Å². The molecule has 0 N–H and O–H groups in total. The molecule has 0 radical (unpaired) electrons. The van der Waals surface area contributed by atoms with Crippen LogP contribution in [0.4, 0.5) is 17.6 Å². The van der Waals surface area contributed by atoms with Gasteiger partial charge in [-0.05, 0) is 30.0 Å². The minimum Gasteiger partial charge on any atom is -0.294 e. The van der Waals surface area contributed by atoms with Crippen LogP contribution >= 0.6 is 0 Å². The Morgan fingerprint density at radius 3 is 2.21 bits per heavy atom. The monoisotopic (exact) mass is 276 g/mol. The SMILES string of the molecule is CC(C)(C)CCC(=O)c1cc(C(F)(F)F)ccc1F. The normalized spacial score (nSPS) is 12.6. The fraction of sp³-hybridized carbons (Fsp3) is 0.500. The number of ketones is 1. The van der Waals surface area contributed by atoms with Crippen molar-refractivity contribution in [2.75, 3.05) is 0 Å². The van der Waals surface area contributed by atoms with Crippen LogP contribution in [-0.2, 0) is 6.18 Å². The largest absolute Gasteiger partial charge is 0.416 e. The Morgan fingerprint density at radius 1 is 1.16 bits per heavy atom. The molecular weight excluding hydrogens is 260 g/mol. The number of carbonyl (C=O) groups excluding carboxylic acids is 1. The minimum atomic E-state index is -4.58. The van der Waals surface area contributed by atoms with Gasteiger partial charge in [-0.2, -0.15) is 13.2 Å². The summed E-state index contributed by atoms with van der Waals surface area (Å²) in [6.07, 6.45) is -4.06. The molecule has 106 valence electrons. The van der Waals surface area contributed by atoms with E-state index in [1.54, 1.807) is 0 Å². The third kappa shape index (κ3) is 4.65. The number of rotatable bonds is 3. The molecule has 5 heteroatoms. The average molecular weight is 276 g/mol. The van der Waals surface area contributed by atoms with Crippen LogP contribution < -0.4 is 0 Å². The lowest BCUT2D eigenvalue weighted by atomic mass is 9.88. The number of hydrogen-bond donors (Lipinski definition) is 0. The zero-order valence-electron chi connectivity index (χ0n) is 11.1. The van der Waals surface area contributed by atoms with Crippen LogP contribution in [0.3, 0.4) is 0 Å². The number of Topliss-reactive ketones (excluding diaryl/α,β-unsaturated/α-hetero) is 1. The fourth-order valence-electron chi connectivity index (χ4n) is 1.54. The van der Waals surface area contributed by atoms with Gasteiger partial charge in [0.25, 0.3) is 0 Å². The summed E-state index contributed by atoms with van der Waals surface area (Å²) in [5.41, 5.74) is -1.62. The molecule has 0 aliphatic carbocycles. The third-order valence-corrected chi connectivity index (χ3v) is 2.70. The van der Waals surface area contributed by atoms with Crippen LogP contribution in [0.2, 0.25) is 0 Å². The molecule has 1 rings (SSSR count). The number of hydrogen-bond acceptors (Lipinski definition) is 1. The molecule has 0 fully saturated rings. The van der Waals surface area contributed by atoms with E-state index in [1.165, 1.54) is 0 Å². The summed E-state index contributed by atoms with van der Waals surface area (Å²) in [4.78, 5) is 11.8. The lowest BCUT2D eigenvalue weighted by Crippen LogP contribution is -2.12. The van der Waals surface area contributed by atoms with Crippen molar-refractivity contribution >= 4 is 5.78 Å². The molecule has 0 bridgehead atoms. The van der Waals surface area contributed by atoms with Gasteiger partial charge in [0, 0.05) is 6.42 Å². The molecular formula is C14H16F4O. The predicted octanol–water partition coefficient (Wildman–Crippen LogP) is 4.85. The second kappa shape index (κ2) is 5.31. The van der Waals surface area contributed by atoms with E-state index in [0.717, 1.165) is 0 Å². The quantitative estimate of drug-likeness (QED) is 0.569. The molecule has 0 atom stereocenters. The smallest absolute Gasteiger partial charge is 0.294 e. The Morgan fingerprint density at radius 2 is 1.74 bits per heavy atom. The second-order valence-corrected chi connectivity index (χ2v) is 5.68. The van der Waals surface area contributed by atoms with Gasteiger partial charge in [-0.15, -0.1) is 0 Å². The van der Waals surface area contributed by atoms with Crippen molar-refractivity contribution in [1.82, 2.24) is 0 Å². The molecule has 1 aromatic rings. The Balaban J connectivity index is 2.97. The highest BCUT2D eigenvalue weighted by Gasteiger charge is 2.31. The highest BCUT2D eigenvalue weighted by atomic mass is 19.4. The molecule has 0 spiro atoms. The van der Waals surface area contributed by atoms with Crippen molar-refractivity contribution in [3.63, 3.8) is 0 Å². The molecule has 0 aromatic heterocycles. The summed E-state index contributed by atoms with van der Waals surface area (Å²) in [7, 11) is 0. The summed E-state index contributed by atoms with van der Waals surface area (Å²) in [5.74, 6) is -1.51. The minimum absolute atomic E-state index is 0.0295. The first-order valence-electron chi connectivity index (χ1n) is 5.91. The molecule has 0 heterocycles. The van der Waals surface area contributed by atoms with Crippen molar-refractivity contribution in [1.29, 1.82) is 0 Å². The molecule has 0 saturated heterocycles. The lowest BCUT2D eigenvalue weighted by Gasteiger charge is -2.17. The van der Waals surface area contributed by atoms with Crippen LogP contribution in [0.15, 0.2) is 18.2 Å². The van der Waals surface area contributed by atoms with Gasteiger partial charge in [0.2, 0.25) is 0 Å². The van der Waals surface area contributed by atoms with E-state index in [1.807, 2.05) is 20.8 Å². The van der Waals surface area contributed by atoms with Gasteiger partial charge in [-0.1, -0.05) is 20.8 Å². The topological polar surface area (TPSA) is 17.1 Å². The molecule has 0 amide bonds. The standard InChI is InChI=1S/C14H16F4O/c1-13(2,3)7-6-12(19)10-8-9(14(16,17)18)4-5-11(10)15/h4-5,8H,6-7H2,1-3H3. The maximum Gasteiger partial charge on any atom is 0.416 e. The first-order chi connectivity index (χ1) is 8.50. The van der Waals surface area contributed by atoms with Gasteiger partial charge in [-0.3, -0.25) is 4.79 Å². The zero-order chi connectivity index (χ0) is 14.8. The Labute approximate surface area is 109 Å². The van der Waals surface area contributed by atoms with Crippen molar-refractivity contribution in [3.05, 3.63) is 35.1 Å². The maximum atomic E-state index is 13.4. The predicted molar refractivity (Wildman–Crippen MR) is 64.4 cm³/mol. The first-order valence-corrected chi connectivity index (χ1v) is 5.91. The first kappa shape index (κ1) is 15.7. The Hall–Kier alpha value is -1.39. The number of carbonyl (C=O) groups is 1. The van der Waals surface area contributed by atoms with E-state index < -0.39 is 28.9 Å². The maximum absolute atomic E-state index is 13.4. The Kier molecular flexibility index (Phi) is 4.38. The molecule has 0 aliphatic rings. The van der Waals surface area contributed by atoms with E-state index in [9.17, 15) is 22.4 Å². The highest BCUT2D eigenvalue weighted by molar-refractivity contribution is 5.96. The summed E-state index contributed by atoms with van der Waals surface area (Å²) < 4.78 is 51.0.